The predicted octanol–water partition coefficient (Wildman–Crippen LogP) is 1.36. The molecule has 1 fully saturated rings. The van der Waals surface area contributed by atoms with E-state index in [4.69, 9.17) is 11.5 Å². The molecule has 0 spiro atoms. The van der Waals surface area contributed by atoms with Crippen molar-refractivity contribution in [2.45, 2.75) is 19.9 Å². The van der Waals surface area contributed by atoms with Gasteiger partial charge in [0.25, 0.3) is 5.91 Å². The van der Waals surface area contributed by atoms with Crippen molar-refractivity contribution in [3.63, 3.8) is 0 Å². The van der Waals surface area contributed by atoms with Gasteiger partial charge in [0.2, 0.25) is 0 Å². The summed E-state index contributed by atoms with van der Waals surface area (Å²) in [6.07, 6.45) is 0. The van der Waals surface area contributed by atoms with Crippen molar-refractivity contribution >= 4 is 28.9 Å². The average Bonchev–Trinajstić information content (AvgIpc) is 2.96. The largest absolute Gasteiger partial charge is 0.383 e. The fraction of sp³-hybridized carbons (Fsp3) is 0.412. The molecule has 8 heteroatoms. The van der Waals surface area contributed by atoms with Crippen LogP contribution >= 0.6 is 0 Å². The Hall–Kier alpha value is -2.74. The summed E-state index contributed by atoms with van der Waals surface area (Å²) in [5.74, 6) is -0.119. The first kappa shape index (κ1) is 17.1. The van der Waals surface area contributed by atoms with E-state index in [1.54, 1.807) is 0 Å². The number of nitrogen functional groups attached to an aromatic ring is 1. The Morgan fingerprint density at radius 2 is 1.84 bits per heavy atom. The summed E-state index contributed by atoms with van der Waals surface area (Å²) in [7, 11) is 0. The second kappa shape index (κ2) is 7.02. The quantitative estimate of drug-likeness (QED) is 0.651. The van der Waals surface area contributed by atoms with Gasteiger partial charge in [-0.15, -0.1) is 0 Å². The lowest BCUT2D eigenvalue weighted by molar-refractivity contribution is 0.100. The molecular formula is C17H25N7O. The second-order valence-corrected chi connectivity index (χ2v) is 6.51. The van der Waals surface area contributed by atoms with Crippen LogP contribution in [-0.4, -0.2) is 53.2 Å². The molecule has 1 aliphatic heterocycles. The molecule has 8 nitrogen and oxygen atoms in total. The fourth-order valence-electron chi connectivity index (χ4n) is 3.08. The highest BCUT2D eigenvalue weighted by atomic mass is 16.1. The van der Waals surface area contributed by atoms with Gasteiger partial charge in [0.15, 0.2) is 5.82 Å². The van der Waals surface area contributed by atoms with Crippen LogP contribution < -0.4 is 21.7 Å². The maximum Gasteiger partial charge on any atom is 0.256 e. The van der Waals surface area contributed by atoms with Crippen molar-refractivity contribution in [3.8, 4) is 0 Å². The van der Waals surface area contributed by atoms with Gasteiger partial charge in [-0.05, 0) is 38.1 Å². The molecule has 0 bridgehead atoms. The predicted molar refractivity (Wildman–Crippen MR) is 100 cm³/mol. The minimum Gasteiger partial charge on any atom is -0.383 e. The highest BCUT2D eigenvalue weighted by Crippen LogP contribution is 2.25. The molecule has 0 saturated carbocycles. The molecular weight excluding hydrogens is 318 g/mol. The first-order valence-corrected chi connectivity index (χ1v) is 8.45. The Balaban J connectivity index is 1.66. The number of carbonyl (C=O) groups is 1. The maximum atomic E-state index is 11.5. The number of hydrogen-bond donors (Lipinski definition) is 4. The fourth-order valence-corrected chi connectivity index (χ4v) is 3.08. The second-order valence-electron chi connectivity index (χ2n) is 6.51. The van der Waals surface area contributed by atoms with Crippen molar-refractivity contribution in [1.29, 1.82) is 0 Å². The van der Waals surface area contributed by atoms with Crippen LogP contribution in [-0.2, 0) is 0 Å². The summed E-state index contributed by atoms with van der Waals surface area (Å²) in [6, 6.07) is 8.63. The van der Waals surface area contributed by atoms with Crippen LogP contribution in [0.2, 0.25) is 0 Å². The van der Waals surface area contributed by atoms with Gasteiger partial charge in [0, 0.05) is 43.6 Å². The van der Waals surface area contributed by atoms with Crippen LogP contribution in [0.5, 0.6) is 0 Å². The summed E-state index contributed by atoms with van der Waals surface area (Å²) >= 11 is 0. The summed E-state index contributed by atoms with van der Waals surface area (Å²) < 4.78 is 0. The summed E-state index contributed by atoms with van der Waals surface area (Å²) in [4.78, 5) is 16.3. The molecule has 2 aromatic rings. The number of piperazine rings is 1. The van der Waals surface area contributed by atoms with E-state index < -0.39 is 5.91 Å². The van der Waals surface area contributed by atoms with Crippen LogP contribution in [0, 0.1) is 0 Å². The number of aromatic amines is 1. The minimum absolute atomic E-state index is 0.162. The van der Waals surface area contributed by atoms with Gasteiger partial charge in [-0.3, -0.25) is 14.8 Å². The summed E-state index contributed by atoms with van der Waals surface area (Å²) in [6.45, 7) is 8.66. The van der Waals surface area contributed by atoms with Gasteiger partial charge in [-0.25, -0.2) is 0 Å². The number of benzene rings is 1. The van der Waals surface area contributed by atoms with Gasteiger partial charge in [0.05, 0.1) is 0 Å². The molecule has 1 aromatic carbocycles. The third kappa shape index (κ3) is 3.69. The molecule has 25 heavy (non-hydrogen) atoms. The van der Waals surface area contributed by atoms with E-state index in [2.05, 4.69) is 51.3 Å². The molecule has 0 unspecified atom stereocenters. The van der Waals surface area contributed by atoms with E-state index in [0.717, 1.165) is 31.9 Å². The van der Waals surface area contributed by atoms with E-state index in [-0.39, 0.29) is 11.4 Å². The third-order valence-electron chi connectivity index (χ3n) is 4.58. The number of rotatable bonds is 5. The van der Waals surface area contributed by atoms with Crippen molar-refractivity contribution in [1.82, 2.24) is 15.1 Å². The smallest absolute Gasteiger partial charge is 0.256 e. The summed E-state index contributed by atoms with van der Waals surface area (Å²) in [5.41, 5.74) is 13.2. The number of hydrogen-bond acceptors (Lipinski definition) is 6. The number of nitrogens with one attached hydrogen (secondary N) is 2. The van der Waals surface area contributed by atoms with E-state index in [0.29, 0.717) is 11.9 Å². The Kier molecular flexibility index (Phi) is 4.80. The third-order valence-corrected chi connectivity index (χ3v) is 4.58. The lowest BCUT2D eigenvalue weighted by Gasteiger charge is -2.38. The van der Waals surface area contributed by atoms with Crippen LogP contribution in [0.3, 0.4) is 0 Å². The average molecular weight is 343 g/mol. The zero-order valence-electron chi connectivity index (χ0n) is 14.6. The molecule has 6 N–H and O–H groups in total. The maximum absolute atomic E-state index is 11.5. The first-order valence-electron chi connectivity index (χ1n) is 8.45. The van der Waals surface area contributed by atoms with E-state index in [9.17, 15) is 4.79 Å². The molecule has 3 rings (SSSR count). The van der Waals surface area contributed by atoms with Gasteiger partial charge >= 0.3 is 0 Å². The molecule has 1 aliphatic rings. The van der Waals surface area contributed by atoms with Crippen LogP contribution in [0.15, 0.2) is 24.3 Å². The topological polar surface area (TPSA) is 116 Å². The number of nitrogens with two attached hydrogens (primary N) is 2. The normalized spacial score (nSPS) is 15.6. The molecule has 134 valence electrons. The number of aromatic nitrogens is 2. The van der Waals surface area contributed by atoms with E-state index in [1.165, 1.54) is 5.69 Å². The van der Waals surface area contributed by atoms with Crippen molar-refractivity contribution in [3.05, 3.63) is 29.8 Å². The summed E-state index contributed by atoms with van der Waals surface area (Å²) in [5, 5.41) is 9.63. The number of anilines is 4. The Morgan fingerprint density at radius 1 is 1.20 bits per heavy atom. The van der Waals surface area contributed by atoms with Crippen LogP contribution in [0.4, 0.5) is 23.0 Å². The minimum atomic E-state index is -0.617. The van der Waals surface area contributed by atoms with Gasteiger partial charge in [0.1, 0.15) is 11.4 Å². The standard InChI is InChI=1S/C17H25N7O/c1-11(2)23-7-9-24(10-8-23)13-5-3-12(4-6-13)20-17-14(16(19)25)15(18)21-22-17/h3-6,11H,7-10H2,1-2H3,(H2,19,25)(H4,18,20,21,22). The number of carbonyl (C=O) groups excluding carboxylic acids is 1. The van der Waals surface area contributed by atoms with E-state index in [1.807, 2.05) is 12.1 Å². The molecule has 2 heterocycles. The van der Waals surface area contributed by atoms with Gasteiger partial charge in [-0.2, -0.15) is 5.10 Å². The monoisotopic (exact) mass is 343 g/mol. The van der Waals surface area contributed by atoms with Crippen LogP contribution in [0.25, 0.3) is 0 Å². The SMILES string of the molecule is CC(C)N1CCN(c2ccc(Nc3n[nH]c(N)c3C(N)=O)cc2)CC1. The number of primary amides is 1. The number of nitrogens with zero attached hydrogens (tertiary/aromatic N) is 3. The first-order chi connectivity index (χ1) is 12.0. The Morgan fingerprint density at radius 3 is 2.40 bits per heavy atom. The highest BCUT2D eigenvalue weighted by Gasteiger charge is 2.19. The highest BCUT2D eigenvalue weighted by molar-refractivity contribution is 6.02. The van der Waals surface area contributed by atoms with Crippen molar-refractivity contribution in [2.24, 2.45) is 5.73 Å². The van der Waals surface area contributed by atoms with Crippen LogP contribution in [0.1, 0.15) is 24.2 Å². The number of amides is 1. The lowest BCUT2D eigenvalue weighted by Crippen LogP contribution is -2.48. The zero-order valence-corrected chi connectivity index (χ0v) is 14.6. The van der Waals surface area contributed by atoms with Crippen molar-refractivity contribution < 1.29 is 4.79 Å². The molecule has 1 saturated heterocycles. The molecule has 0 aliphatic carbocycles. The van der Waals surface area contributed by atoms with Crippen molar-refractivity contribution in [2.75, 3.05) is 42.1 Å². The van der Waals surface area contributed by atoms with E-state index >= 15 is 0 Å². The molecule has 0 radical (unpaired) electrons. The zero-order chi connectivity index (χ0) is 18.0. The Bertz CT molecular complexity index is 730. The molecule has 1 aromatic heterocycles. The molecule has 0 atom stereocenters. The van der Waals surface area contributed by atoms with Gasteiger partial charge < -0.3 is 21.7 Å². The lowest BCUT2D eigenvalue weighted by atomic mass is 10.2. The van der Waals surface area contributed by atoms with Gasteiger partial charge in [-0.1, -0.05) is 0 Å². The Labute approximate surface area is 147 Å². The number of H-pyrrole nitrogens is 1. The molecule has 1 amide bonds.